The number of halogens is 1. The van der Waals surface area contributed by atoms with Gasteiger partial charge >= 0.3 is 0 Å². The molecule has 1 heterocycles. The second kappa shape index (κ2) is 10.8. The first-order valence-electron chi connectivity index (χ1n) is 9.61. The van der Waals surface area contributed by atoms with Gasteiger partial charge in [0.2, 0.25) is 0 Å². The van der Waals surface area contributed by atoms with Crippen molar-refractivity contribution in [3.8, 4) is 5.75 Å². The highest BCUT2D eigenvalue weighted by Crippen LogP contribution is 2.15. The largest absolute Gasteiger partial charge is 0.487 e. The lowest BCUT2D eigenvalue weighted by Gasteiger charge is -2.12. The van der Waals surface area contributed by atoms with E-state index in [1.807, 2.05) is 49.4 Å². The summed E-state index contributed by atoms with van der Waals surface area (Å²) in [6.45, 7) is 4.28. The summed E-state index contributed by atoms with van der Waals surface area (Å²) < 4.78 is 18.9. The van der Waals surface area contributed by atoms with Crippen molar-refractivity contribution in [2.24, 2.45) is 4.99 Å². The number of nitrogens with zero attached hydrogens (tertiary/aromatic N) is 2. The van der Waals surface area contributed by atoms with Crippen LogP contribution in [0.2, 0.25) is 0 Å². The molecule has 0 spiro atoms. The average molecular weight is 392 g/mol. The molecule has 0 bridgehead atoms. The molecule has 2 N–H and O–H groups in total. The molecule has 0 aliphatic rings. The van der Waals surface area contributed by atoms with E-state index in [0.717, 1.165) is 29.1 Å². The minimum Gasteiger partial charge on any atom is -0.487 e. The molecule has 1 aromatic heterocycles. The van der Waals surface area contributed by atoms with Crippen LogP contribution in [0.3, 0.4) is 0 Å². The SMILES string of the molecule is CCNC(=NCc1cccc(OCc2ccccn2)c1)NCc1ccc(F)cc1. The minimum absolute atomic E-state index is 0.237. The Hall–Kier alpha value is -3.41. The Kier molecular flexibility index (Phi) is 7.57. The van der Waals surface area contributed by atoms with Crippen LogP contribution in [0.5, 0.6) is 5.75 Å². The third-order valence-electron chi connectivity index (χ3n) is 4.15. The third-order valence-corrected chi connectivity index (χ3v) is 4.15. The zero-order valence-electron chi connectivity index (χ0n) is 16.4. The Bertz CT molecular complexity index is 914. The van der Waals surface area contributed by atoms with Crippen molar-refractivity contribution in [3.05, 3.63) is 95.6 Å². The second-order valence-corrected chi connectivity index (χ2v) is 6.43. The standard InChI is InChI=1S/C23H25FN4O/c1-2-25-23(27-15-18-9-11-20(24)12-10-18)28-16-19-6-5-8-22(14-19)29-17-21-7-3-4-13-26-21/h3-14H,2,15-17H2,1H3,(H2,25,27,28). The number of hydrogen-bond acceptors (Lipinski definition) is 3. The van der Waals surface area contributed by atoms with Gasteiger partial charge in [0.15, 0.2) is 5.96 Å². The first-order valence-corrected chi connectivity index (χ1v) is 9.61. The molecule has 3 rings (SSSR count). The zero-order valence-corrected chi connectivity index (χ0v) is 16.4. The number of pyridine rings is 1. The Morgan fingerprint density at radius 3 is 2.62 bits per heavy atom. The lowest BCUT2D eigenvalue weighted by Crippen LogP contribution is -2.36. The van der Waals surface area contributed by atoms with E-state index in [1.165, 1.54) is 12.1 Å². The van der Waals surface area contributed by atoms with Gasteiger partial charge in [-0.2, -0.15) is 0 Å². The molecule has 6 heteroatoms. The Labute approximate surface area is 170 Å². The van der Waals surface area contributed by atoms with E-state index in [2.05, 4.69) is 20.6 Å². The van der Waals surface area contributed by atoms with Crippen LogP contribution in [0.15, 0.2) is 77.9 Å². The number of benzene rings is 2. The van der Waals surface area contributed by atoms with E-state index in [-0.39, 0.29) is 5.82 Å². The van der Waals surface area contributed by atoms with Crippen molar-refractivity contribution >= 4 is 5.96 Å². The summed E-state index contributed by atoms with van der Waals surface area (Å²) in [4.78, 5) is 8.89. The lowest BCUT2D eigenvalue weighted by atomic mass is 10.2. The van der Waals surface area contributed by atoms with Gasteiger partial charge in [0.25, 0.3) is 0 Å². The summed E-state index contributed by atoms with van der Waals surface area (Å²) in [5, 5.41) is 6.49. The van der Waals surface area contributed by atoms with E-state index >= 15 is 0 Å². The number of hydrogen-bond donors (Lipinski definition) is 2. The van der Waals surface area contributed by atoms with Crippen molar-refractivity contribution in [2.75, 3.05) is 6.54 Å². The number of aromatic nitrogens is 1. The summed E-state index contributed by atoms with van der Waals surface area (Å²) >= 11 is 0. The molecular weight excluding hydrogens is 367 g/mol. The highest BCUT2D eigenvalue weighted by atomic mass is 19.1. The maximum Gasteiger partial charge on any atom is 0.191 e. The van der Waals surface area contributed by atoms with Gasteiger partial charge < -0.3 is 15.4 Å². The molecule has 150 valence electrons. The van der Waals surface area contributed by atoms with E-state index in [4.69, 9.17) is 4.74 Å². The van der Waals surface area contributed by atoms with Gasteiger partial charge in [-0.05, 0) is 54.4 Å². The van der Waals surface area contributed by atoms with Crippen LogP contribution in [-0.2, 0) is 19.7 Å². The van der Waals surface area contributed by atoms with E-state index in [0.29, 0.717) is 25.7 Å². The van der Waals surface area contributed by atoms with Crippen molar-refractivity contribution in [2.45, 2.75) is 26.6 Å². The Balaban J connectivity index is 1.57. The molecule has 0 amide bonds. The van der Waals surface area contributed by atoms with Crippen LogP contribution in [0.1, 0.15) is 23.7 Å². The van der Waals surface area contributed by atoms with Crippen LogP contribution in [0.4, 0.5) is 4.39 Å². The molecule has 2 aromatic carbocycles. The Morgan fingerprint density at radius 1 is 1.00 bits per heavy atom. The maximum absolute atomic E-state index is 13.0. The number of guanidine groups is 1. The molecular formula is C23H25FN4O. The van der Waals surface area contributed by atoms with Crippen LogP contribution in [-0.4, -0.2) is 17.5 Å². The highest BCUT2D eigenvalue weighted by Gasteiger charge is 2.02. The number of rotatable bonds is 8. The van der Waals surface area contributed by atoms with E-state index in [1.54, 1.807) is 18.3 Å². The van der Waals surface area contributed by atoms with Crippen LogP contribution in [0.25, 0.3) is 0 Å². The normalized spacial score (nSPS) is 11.2. The fourth-order valence-electron chi connectivity index (χ4n) is 2.67. The number of nitrogens with one attached hydrogen (secondary N) is 2. The molecule has 5 nitrogen and oxygen atoms in total. The first-order chi connectivity index (χ1) is 14.2. The molecule has 0 atom stereocenters. The van der Waals surface area contributed by atoms with Gasteiger partial charge in [0.1, 0.15) is 18.2 Å². The quantitative estimate of drug-likeness (QED) is 0.448. The van der Waals surface area contributed by atoms with E-state index in [9.17, 15) is 4.39 Å². The molecule has 0 radical (unpaired) electrons. The van der Waals surface area contributed by atoms with Gasteiger partial charge in [0.05, 0.1) is 12.2 Å². The Morgan fingerprint density at radius 2 is 1.86 bits per heavy atom. The van der Waals surface area contributed by atoms with Gasteiger partial charge in [-0.15, -0.1) is 0 Å². The first kappa shape index (κ1) is 20.3. The lowest BCUT2D eigenvalue weighted by molar-refractivity contribution is 0.301. The van der Waals surface area contributed by atoms with Crippen molar-refractivity contribution in [3.63, 3.8) is 0 Å². The summed E-state index contributed by atoms with van der Waals surface area (Å²) in [5.74, 6) is 1.25. The van der Waals surface area contributed by atoms with Gasteiger partial charge in [-0.1, -0.05) is 30.3 Å². The molecule has 3 aromatic rings. The summed E-state index contributed by atoms with van der Waals surface area (Å²) in [6, 6.07) is 20.1. The van der Waals surface area contributed by atoms with Gasteiger partial charge in [-0.25, -0.2) is 9.38 Å². The van der Waals surface area contributed by atoms with Crippen LogP contribution in [0, 0.1) is 5.82 Å². The predicted octanol–water partition coefficient (Wildman–Crippen LogP) is 4.06. The smallest absolute Gasteiger partial charge is 0.191 e. The van der Waals surface area contributed by atoms with Crippen LogP contribution < -0.4 is 15.4 Å². The highest BCUT2D eigenvalue weighted by molar-refractivity contribution is 5.79. The topological polar surface area (TPSA) is 58.5 Å². The minimum atomic E-state index is -0.237. The predicted molar refractivity (Wildman–Crippen MR) is 113 cm³/mol. The fraction of sp³-hybridized carbons (Fsp3) is 0.217. The summed E-state index contributed by atoms with van der Waals surface area (Å²) in [7, 11) is 0. The fourth-order valence-corrected chi connectivity index (χ4v) is 2.67. The van der Waals surface area contributed by atoms with Crippen molar-refractivity contribution in [1.82, 2.24) is 15.6 Å². The average Bonchev–Trinajstić information content (AvgIpc) is 2.76. The van der Waals surface area contributed by atoms with Crippen molar-refractivity contribution < 1.29 is 9.13 Å². The number of ether oxygens (including phenoxy) is 1. The van der Waals surface area contributed by atoms with E-state index < -0.39 is 0 Å². The summed E-state index contributed by atoms with van der Waals surface area (Å²) in [5.41, 5.74) is 2.92. The molecule has 0 aliphatic heterocycles. The molecule has 0 aliphatic carbocycles. The molecule has 0 saturated carbocycles. The monoisotopic (exact) mass is 392 g/mol. The summed E-state index contributed by atoms with van der Waals surface area (Å²) in [6.07, 6.45) is 1.75. The van der Waals surface area contributed by atoms with Crippen molar-refractivity contribution in [1.29, 1.82) is 0 Å². The molecule has 0 saturated heterocycles. The van der Waals surface area contributed by atoms with Gasteiger partial charge in [0, 0.05) is 19.3 Å². The molecule has 0 fully saturated rings. The maximum atomic E-state index is 13.0. The zero-order chi connectivity index (χ0) is 20.3. The molecule has 29 heavy (non-hydrogen) atoms. The third kappa shape index (κ3) is 6.92. The second-order valence-electron chi connectivity index (χ2n) is 6.43. The van der Waals surface area contributed by atoms with Crippen LogP contribution >= 0.6 is 0 Å². The van der Waals surface area contributed by atoms with Gasteiger partial charge in [-0.3, -0.25) is 4.98 Å². The molecule has 0 unspecified atom stereocenters. The number of aliphatic imine (C=N–C) groups is 1.